The van der Waals surface area contributed by atoms with Crippen LogP contribution in [0.2, 0.25) is 0 Å². The minimum Gasteiger partial charge on any atom is -0.451 e. The molecule has 28 heavy (non-hydrogen) atoms. The number of hydrogen-bond acceptors (Lipinski definition) is 6. The van der Waals surface area contributed by atoms with Crippen LogP contribution in [0, 0.1) is 13.8 Å². The standard InChI is InChI=1S/C21H21N3O3S/c1-4-15-9-7-8-13(2)18(15)24-17(25)12-27-21(26)19-14(3)23-20(28-19)16-10-5-6-11-22-16/h5-11H,4,12H2,1-3H3,(H,24,25). The van der Waals surface area contributed by atoms with E-state index >= 15 is 0 Å². The predicted octanol–water partition coefficient (Wildman–Crippen LogP) is 4.18. The number of benzene rings is 1. The average molecular weight is 395 g/mol. The Morgan fingerprint density at radius 3 is 2.68 bits per heavy atom. The highest BCUT2D eigenvalue weighted by atomic mass is 32.1. The molecule has 3 aromatic rings. The monoisotopic (exact) mass is 395 g/mol. The summed E-state index contributed by atoms with van der Waals surface area (Å²) in [6.45, 7) is 5.34. The maximum atomic E-state index is 12.4. The Kier molecular flexibility index (Phi) is 6.16. The second-order valence-electron chi connectivity index (χ2n) is 6.24. The van der Waals surface area contributed by atoms with Gasteiger partial charge in [0.25, 0.3) is 5.91 Å². The zero-order chi connectivity index (χ0) is 20.1. The molecule has 0 spiro atoms. The molecule has 1 amide bonds. The van der Waals surface area contributed by atoms with Crippen LogP contribution in [0.5, 0.6) is 0 Å². The van der Waals surface area contributed by atoms with Crippen molar-refractivity contribution >= 4 is 28.9 Å². The second-order valence-corrected chi connectivity index (χ2v) is 7.23. The number of aryl methyl sites for hydroxylation is 3. The van der Waals surface area contributed by atoms with E-state index in [1.807, 2.05) is 50.2 Å². The Morgan fingerprint density at radius 2 is 1.96 bits per heavy atom. The maximum Gasteiger partial charge on any atom is 0.350 e. The molecule has 0 saturated carbocycles. The number of ether oxygens (including phenoxy) is 1. The van der Waals surface area contributed by atoms with Gasteiger partial charge in [-0.2, -0.15) is 0 Å². The molecule has 2 heterocycles. The van der Waals surface area contributed by atoms with Gasteiger partial charge in [0.15, 0.2) is 6.61 Å². The molecule has 2 aromatic heterocycles. The lowest BCUT2D eigenvalue weighted by Gasteiger charge is -2.13. The van der Waals surface area contributed by atoms with Crippen molar-refractivity contribution in [3.05, 3.63) is 64.3 Å². The average Bonchev–Trinajstić information content (AvgIpc) is 3.10. The molecule has 0 aliphatic rings. The van der Waals surface area contributed by atoms with Crippen molar-refractivity contribution in [2.75, 3.05) is 11.9 Å². The molecule has 0 aliphatic heterocycles. The minimum absolute atomic E-state index is 0.355. The zero-order valence-corrected chi connectivity index (χ0v) is 16.8. The van der Waals surface area contributed by atoms with Gasteiger partial charge in [-0.1, -0.05) is 31.2 Å². The van der Waals surface area contributed by atoms with Gasteiger partial charge in [0.2, 0.25) is 0 Å². The SMILES string of the molecule is CCc1cccc(C)c1NC(=O)COC(=O)c1sc(-c2ccccn2)nc1C. The van der Waals surface area contributed by atoms with Gasteiger partial charge in [0.1, 0.15) is 9.88 Å². The van der Waals surface area contributed by atoms with Crippen LogP contribution < -0.4 is 5.32 Å². The molecule has 144 valence electrons. The van der Waals surface area contributed by atoms with E-state index in [9.17, 15) is 9.59 Å². The van der Waals surface area contributed by atoms with Crippen molar-refractivity contribution < 1.29 is 14.3 Å². The normalized spacial score (nSPS) is 10.5. The molecule has 0 bridgehead atoms. The molecule has 1 aromatic carbocycles. The van der Waals surface area contributed by atoms with Crippen molar-refractivity contribution in [1.82, 2.24) is 9.97 Å². The third-order valence-electron chi connectivity index (χ3n) is 4.20. The fraction of sp³-hybridized carbons (Fsp3) is 0.238. The van der Waals surface area contributed by atoms with Crippen molar-refractivity contribution in [1.29, 1.82) is 0 Å². The Labute approximate surface area is 167 Å². The zero-order valence-electron chi connectivity index (χ0n) is 16.0. The topological polar surface area (TPSA) is 81.2 Å². The Morgan fingerprint density at radius 1 is 1.14 bits per heavy atom. The number of amides is 1. The summed E-state index contributed by atoms with van der Waals surface area (Å²) in [5, 5.41) is 3.48. The number of hydrogen-bond donors (Lipinski definition) is 1. The second kappa shape index (κ2) is 8.75. The van der Waals surface area contributed by atoms with Crippen LogP contribution in [-0.4, -0.2) is 28.5 Å². The molecule has 0 fully saturated rings. The van der Waals surface area contributed by atoms with Gasteiger partial charge in [-0.15, -0.1) is 11.3 Å². The Bertz CT molecular complexity index is 999. The van der Waals surface area contributed by atoms with Crippen LogP contribution in [0.25, 0.3) is 10.7 Å². The number of nitrogens with one attached hydrogen (secondary N) is 1. The number of carbonyl (C=O) groups excluding carboxylic acids is 2. The summed E-state index contributed by atoms with van der Waals surface area (Å²) in [6, 6.07) is 11.4. The van der Waals surface area contributed by atoms with Gasteiger partial charge in [0.05, 0.1) is 11.4 Å². The van der Waals surface area contributed by atoms with Crippen LogP contribution in [0.15, 0.2) is 42.6 Å². The van der Waals surface area contributed by atoms with Crippen molar-refractivity contribution in [3.63, 3.8) is 0 Å². The van der Waals surface area contributed by atoms with Gasteiger partial charge in [-0.25, -0.2) is 9.78 Å². The molecular weight excluding hydrogens is 374 g/mol. The first-order valence-electron chi connectivity index (χ1n) is 8.94. The molecular formula is C21H21N3O3S. The lowest BCUT2D eigenvalue weighted by atomic mass is 10.1. The summed E-state index contributed by atoms with van der Waals surface area (Å²) >= 11 is 1.21. The Balaban J connectivity index is 1.65. The summed E-state index contributed by atoms with van der Waals surface area (Å²) in [5.74, 6) is -0.933. The van der Waals surface area contributed by atoms with E-state index in [1.54, 1.807) is 13.1 Å². The van der Waals surface area contributed by atoms with Gasteiger partial charge < -0.3 is 10.1 Å². The number of rotatable bonds is 6. The molecule has 7 heteroatoms. The van der Waals surface area contributed by atoms with Gasteiger partial charge >= 0.3 is 5.97 Å². The van der Waals surface area contributed by atoms with E-state index in [1.165, 1.54) is 11.3 Å². The van der Waals surface area contributed by atoms with Crippen LogP contribution >= 0.6 is 11.3 Å². The van der Waals surface area contributed by atoms with Gasteiger partial charge in [-0.3, -0.25) is 9.78 Å². The van der Waals surface area contributed by atoms with E-state index in [4.69, 9.17) is 4.74 Å². The maximum absolute atomic E-state index is 12.4. The molecule has 0 radical (unpaired) electrons. The Hall–Kier alpha value is -3.06. The summed E-state index contributed by atoms with van der Waals surface area (Å²) in [5.41, 5.74) is 4.04. The molecule has 6 nitrogen and oxygen atoms in total. The first-order chi connectivity index (χ1) is 13.5. The van der Waals surface area contributed by atoms with E-state index in [-0.39, 0.29) is 12.5 Å². The van der Waals surface area contributed by atoms with E-state index < -0.39 is 5.97 Å². The number of para-hydroxylation sites is 1. The third-order valence-corrected chi connectivity index (χ3v) is 5.36. The number of esters is 1. The minimum atomic E-state index is -0.562. The van der Waals surface area contributed by atoms with Crippen LogP contribution in [-0.2, 0) is 16.0 Å². The predicted molar refractivity (Wildman–Crippen MR) is 110 cm³/mol. The molecule has 0 unspecified atom stereocenters. The number of thiazole rings is 1. The highest BCUT2D eigenvalue weighted by Crippen LogP contribution is 2.27. The quantitative estimate of drug-likeness (QED) is 0.633. The number of aromatic nitrogens is 2. The van der Waals surface area contributed by atoms with E-state index in [2.05, 4.69) is 15.3 Å². The number of anilines is 1. The fourth-order valence-electron chi connectivity index (χ4n) is 2.76. The van der Waals surface area contributed by atoms with Crippen LogP contribution in [0.3, 0.4) is 0 Å². The summed E-state index contributed by atoms with van der Waals surface area (Å²) in [6.07, 6.45) is 2.47. The lowest BCUT2D eigenvalue weighted by Crippen LogP contribution is -2.22. The van der Waals surface area contributed by atoms with Crippen LogP contribution in [0.4, 0.5) is 5.69 Å². The van der Waals surface area contributed by atoms with E-state index in [0.29, 0.717) is 21.3 Å². The first kappa shape index (κ1) is 19.7. The number of nitrogens with zero attached hydrogens (tertiary/aromatic N) is 2. The van der Waals surface area contributed by atoms with Crippen LogP contribution in [0.1, 0.15) is 33.4 Å². The lowest BCUT2D eigenvalue weighted by molar-refractivity contribution is -0.119. The summed E-state index contributed by atoms with van der Waals surface area (Å²) < 4.78 is 5.20. The van der Waals surface area contributed by atoms with Crippen molar-refractivity contribution in [2.24, 2.45) is 0 Å². The smallest absolute Gasteiger partial charge is 0.350 e. The third kappa shape index (κ3) is 4.43. The summed E-state index contributed by atoms with van der Waals surface area (Å²) in [7, 11) is 0. The molecule has 0 atom stereocenters. The first-order valence-corrected chi connectivity index (χ1v) is 9.75. The van der Waals surface area contributed by atoms with E-state index in [0.717, 1.165) is 23.2 Å². The van der Waals surface area contributed by atoms with Crippen molar-refractivity contribution in [2.45, 2.75) is 27.2 Å². The molecule has 0 aliphatic carbocycles. The van der Waals surface area contributed by atoms with Gasteiger partial charge in [-0.05, 0) is 43.5 Å². The highest BCUT2D eigenvalue weighted by molar-refractivity contribution is 7.17. The van der Waals surface area contributed by atoms with Gasteiger partial charge in [0, 0.05) is 11.9 Å². The highest BCUT2D eigenvalue weighted by Gasteiger charge is 2.19. The molecule has 3 rings (SSSR count). The largest absolute Gasteiger partial charge is 0.451 e. The molecule has 1 N–H and O–H groups in total. The van der Waals surface area contributed by atoms with Crippen molar-refractivity contribution in [3.8, 4) is 10.7 Å². The number of pyridine rings is 1. The molecule has 0 saturated heterocycles. The number of carbonyl (C=O) groups is 2. The fourth-order valence-corrected chi connectivity index (χ4v) is 3.70. The summed E-state index contributed by atoms with van der Waals surface area (Å²) in [4.78, 5) is 33.7.